The van der Waals surface area contributed by atoms with E-state index in [0.29, 0.717) is 0 Å². The maximum atomic E-state index is 2.39. The van der Waals surface area contributed by atoms with Crippen molar-refractivity contribution in [2.24, 2.45) is 5.92 Å². The first kappa shape index (κ1) is 30.0. The number of hydrogen-bond acceptors (Lipinski definition) is 0. The van der Waals surface area contributed by atoms with Crippen molar-refractivity contribution in [1.82, 2.24) is 0 Å². The molecule has 0 amide bonds. The molecule has 0 heterocycles. The molecule has 0 aliphatic rings. The molecular formula is C30H61. The molecule has 0 aromatic heterocycles. The Hall–Kier alpha value is 0. The van der Waals surface area contributed by atoms with Crippen LogP contribution in [0.4, 0.5) is 0 Å². The van der Waals surface area contributed by atoms with Crippen molar-refractivity contribution in [3.63, 3.8) is 0 Å². The summed E-state index contributed by atoms with van der Waals surface area (Å²) in [6.45, 7) is 6.88. The molecule has 30 heavy (non-hydrogen) atoms. The fourth-order valence-corrected chi connectivity index (χ4v) is 4.85. The molecule has 1 radical (unpaired) electrons. The second-order valence-corrected chi connectivity index (χ2v) is 10.1. The number of unbranched alkanes of at least 4 members (excludes halogenated alkanes) is 21. The van der Waals surface area contributed by atoms with Crippen molar-refractivity contribution in [1.29, 1.82) is 0 Å². The van der Waals surface area contributed by atoms with Gasteiger partial charge in [-0.05, 0) is 12.3 Å². The van der Waals surface area contributed by atoms with Crippen LogP contribution in [0.1, 0.15) is 181 Å². The molecule has 0 aliphatic carbocycles. The maximum Gasteiger partial charge on any atom is -0.0417 e. The van der Waals surface area contributed by atoms with Crippen LogP contribution in [0.5, 0.6) is 0 Å². The highest BCUT2D eigenvalue weighted by Crippen LogP contribution is 2.21. The molecule has 1 unspecified atom stereocenters. The third-order valence-electron chi connectivity index (χ3n) is 7.15. The first-order valence-corrected chi connectivity index (χ1v) is 14.6. The van der Waals surface area contributed by atoms with Crippen LogP contribution in [0.25, 0.3) is 0 Å². The van der Waals surface area contributed by atoms with E-state index < -0.39 is 0 Å². The van der Waals surface area contributed by atoms with Gasteiger partial charge in [0.05, 0.1) is 0 Å². The van der Waals surface area contributed by atoms with Gasteiger partial charge in [-0.2, -0.15) is 0 Å². The van der Waals surface area contributed by atoms with Gasteiger partial charge in [0.15, 0.2) is 0 Å². The topological polar surface area (TPSA) is 0 Å². The highest BCUT2D eigenvalue weighted by atomic mass is 14.1. The first-order chi connectivity index (χ1) is 14.8. The SMILES string of the molecule is C[CH]CCCC(CC)CCCCCCCCCCCCCCCCCCCCCC. The third kappa shape index (κ3) is 24.3. The van der Waals surface area contributed by atoms with Crippen molar-refractivity contribution < 1.29 is 0 Å². The summed E-state index contributed by atoms with van der Waals surface area (Å²) >= 11 is 0. The van der Waals surface area contributed by atoms with Crippen LogP contribution in [0, 0.1) is 12.3 Å². The Kier molecular flexibility index (Phi) is 27.0. The van der Waals surface area contributed by atoms with E-state index in [4.69, 9.17) is 0 Å². The monoisotopic (exact) mass is 421 g/mol. The van der Waals surface area contributed by atoms with Crippen molar-refractivity contribution in [3.05, 3.63) is 6.42 Å². The van der Waals surface area contributed by atoms with Crippen LogP contribution in [-0.4, -0.2) is 0 Å². The summed E-state index contributed by atoms with van der Waals surface area (Å²) in [6, 6.07) is 0. The normalized spacial score (nSPS) is 12.5. The van der Waals surface area contributed by atoms with Gasteiger partial charge >= 0.3 is 0 Å². The van der Waals surface area contributed by atoms with Gasteiger partial charge in [0.1, 0.15) is 0 Å². The van der Waals surface area contributed by atoms with Crippen LogP contribution < -0.4 is 0 Å². The van der Waals surface area contributed by atoms with Gasteiger partial charge in [0, 0.05) is 0 Å². The number of hydrogen-bond donors (Lipinski definition) is 0. The highest BCUT2D eigenvalue weighted by Gasteiger charge is 2.05. The van der Waals surface area contributed by atoms with Gasteiger partial charge in [0.2, 0.25) is 0 Å². The van der Waals surface area contributed by atoms with Gasteiger partial charge in [-0.15, -0.1) is 0 Å². The second kappa shape index (κ2) is 27.0. The highest BCUT2D eigenvalue weighted by molar-refractivity contribution is 4.62. The zero-order valence-electron chi connectivity index (χ0n) is 21.8. The molecule has 0 N–H and O–H groups in total. The lowest BCUT2D eigenvalue weighted by Crippen LogP contribution is -1.99. The Balaban J connectivity index is 3.12. The van der Waals surface area contributed by atoms with Crippen molar-refractivity contribution >= 4 is 0 Å². The molecule has 0 nitrogen and oxygen atoms in total. The van der Waals surface area contributed by atoms with Gasteiger partial charge in [-0.3, -0.25) is 0 Å². The molecule has 0 fully saturated rings. The number of rotatable bonds is 26. The molecule has 0 aromatic carbocycles. The summed E-state index contributed by atoms with van der Waals surface area (Å²) in [4.78, 5) is 0. The smallest absolute Gasteiger partial charge is 0.0417 e. The molecule has 1 atom stereocenters. The fourth-order valence-electron chi connectivity index (χ4n) is 4.85. The average molecular weight is 422 g/mol. The van der Waals surface area contributed by atoms with Crippen LogP contribution in [0.15, 0.2) is 0 Å². The van der Waals surface area contributed by atoms with E-state index in [1.807, 2.05) is 0 Å². The van der Waals surface area contributed by atoms with Gasteiger partial charge in [-0.1, -0.05) is 181 Å². The summed E-state index contributed by atoms with van der Waals surface area (Å²) in [7, 11) is 0. The maximum absolute atomic E-state index is 2.39. The van der Waals surface area contributed by atoms with E-state index in [1.165, 1.54) is 161 Å². The Morgan fingerprint density at radius 3 is 1.10 bits per heavy atom. The lowest BCUT2D eigenvalue weighted by molar-refractivity contribution is 0.400. The van der Waals surface area contributed by atoms with E-state index in [0.717, 1.165) is 5.92 Å². The van der Waals surface area contributed by atoms with Gasteiger partial charge in [0.25, 0.3) is 0 Å². The molecule has 0 saturated carbocycles. The Morgan fingerprint density at radius 1 is 0.433 bits per heavy atom. The predicted molar refractivity (Wildman–Crippen MR) is 140 cm³/mol. The predicted octanol–water partition coefficient (Wildman–Crippen LogP) is 11.6. The van der Waals surface area contributed by atoms with Crippen molar-refractivity contribution in [3.8, 4) is 0 Å². The standard InChI is InChI=1S/C30H61/c1-4-7-9-10-11-12-13-14-15-16-17-18-19-20-21-22-23-24-25-27-29-30(6-3)28-26-8-5-2/h5,30H,4,6-29H2,1-3H3. The minimum absolute atomic E-state index is 1.00. The molecule has 0 heteroatoms. The second-order valence-electron chi connectivity index (χ2n) is 10.1. The van der Waals surface area contributed by atoms with E-state index in [9.17, 15) is 0 Å². The Morgan fingerprint density at radius 2 is 0.767 bits per heavy atom. The molecule has 0 spiro atoms. The Bertz CT molecular complexity index is 282. The quantitative estimate of drug-likeness (QED) is 0.122. The van der Waals surface area contributed by atoms with Crippen LogP contribution >= 0.6 is 0 Å². The summed E-state index contributed by atoms with van der Waals surface area (Å²) in [5, 5.41) is 0. The third-order valence-corrected chi connectivity index (χ3v) is 7.15. The molecule has 0 bridgehead atoms. The molecule has 0 saturated heterocycles. The average Bonchev–Trinajstić information content (AvgIpc) is 2.76. The van der Waals surface area contributed by atoms with Gasteiger partial charge in [-0.25, -0.2) is 0 Å². The van der Waals surface area contributed by atoms with E-state index in [1.54, 1.807) is 0 Å². The van der Waals surface area contributed by atoms with E-state index >= 15 is 0 Å². The summed E-state index contributed by atoms with van der Waals surface area (Å²) in [5.41, 5.74) is 0. The lowest BCUT2D eigenvalue weighted by Gasteiger charge is -2.14. The molecule has 0 aromatic rings. The minimum atomic E-state index is 1.00. The van der Waals surface area contributed by atoms with Crippen molar-refractivity contribution in [2.45, 2.75) is 181 Å². The lowest BCUT2D eigenvalue weighted by atomic mass is 9.92. The van der Waals surface area contributed by atoms with Gasteiger partial charge < -0.3 is 0 Å². The van der Waals surface area contributed by atoms with Crippen LogP contribution in [0.3, 0.4) is 0 Å². The Labute approximate surface area is 193 Å². The first-order valence-electron chi connectivity index (χ1n) is 14.6. The fraction of sp³-hybridized carbons (Fsp3) is 0.967. The zero-order chi connectivity index (χ0) is 22.0. The minimum Gasteiger partial charge on any atom is -0.0654 e. The van der Waals surface area contributed by atoms with E-state index in [2.05, 4.69) is 27.2 Å². The van der Waals surface area contributed by atoms with Crippen LogP contribution in [0.2, 0.25) is 0 Å². The molecule has 0 aliphatic heterocycles. The summed E-state index contributed by atoms with van der Waals surface area (Å²) < 4.78 is 0. The zero-order valence-corrected chi connectivity index (χ0v) is 21.8. The molecular weight excluding hydrogens is 360 g/mol. The van der Waals surface area contributed by atoms with E-state index in [-0.39, 0.29) is 0 Å². The molecule has 0 rings (SSSR count). The molecule has 181 valence electrons. The summed E-state index contributed by atoms with van der Waals surface area (Å²) in [5.74, 6) is 1.00. The summed E-state index contributed by atoms with van der Waals surface area (Å²) in [6.07, 6.45) is 38.9. The van der Waals surface area contributed by atoms with Crippen molar-refractivity contribution in [2.75, 3.05) is 0 Å². The van der Waals surface area contributed by atoms with Crippen LogP contribution in [-0.2, 0) is 0 Å². The largest absolute Gasteiger partial charge is 0.0654 e.